The number of nitrogens with two attached hydrogens (primary N) is 1. The molecule has 0 spiro atoms. The molecule has 2 N–H and O–H groups in total. The Kier molecular flexibility index (Phi) is 9.46. The summed E-state index contributed by atoms with van der Waals surface area (Å²) in [6.07, 6.45) is 11.4. The van der Waals surface area contributed by atoms with Gasteiger partial charge in [-0.1, -0.05) is 94.0 Å². The molecule has 0 amide bonds. The van der Waals surface area contributed by atoms with Crippen molar-refractivity contribution in [1.29, 1.82) is 0 Å². The zero-order valence-corrected chi connectivity index (χ0v) is 20.2. The first-order valence-electron chi connectivity index (χ1n) is 11.0. The molecule has 0 bridgehead atoms. The second kappa shape index (κ2) is 12.3. The summed E-state index contributed by atoms with van der Waals surface area (Å²) in [5.41, 5.74) is 9.04. The monoisotopic (exact) mass is 489 g/mol. The van der Waals surface area contributed by atoms with Gasteiger partial charge in [0.15, 0.2) is 26.9 Å². The number of imidazole rings is 1. The fourth-order valence-electron chi connectivity index (χ4n) is 3.55. The van der Waals surface area contributed by atoms with Crippen LogP contribution in [0.1, 0.15) is 63.9 Å². The number of aryl methyl sites for hydroxylation is 2. The maximum atomic E-state index is 6.20. The highest BCUT2D eigenvalue weighted by molar-refractivity contribution is 9.10. The van der Waals surface area contributed by atoms with Crippen LogP contribution in [0.4, 0.5) is 5.82 Å². The Hall–Kier alpha value is -1.60. The van der Waals surface area contributed by atoms with Gasteiger partial charge in [0.2, 0.25) is 0 Å². The number of hydrogen-bond acceptors (Lipinski definition) is 5. The highest BCUT2D eigenvalue weighted by Crippen LogP contribution is 2.26. The van der Waals surface area contributed by atoms with Crippen molar-refractivity contribution in [3.63, 3.8) is 0 Å². The Morgan fingerprint density at radius 1 is 0.933 bits per heavy atom. The SMILES string of the molecule is CCCCCCCCCCn1c(Br)nc2c(N)nc(SCCc3ccccc3)nc21. The third-order valence-electron chi connectivity index (χ3n) is 5.25. The van der Waals surface area contributed by atoms with Gasteiger partial charge < -0.3 is 10.3 Å². The summed E-state index contributed by atoms with van der Waals surface area (Å²) >= 11 is 5.23. The quantitative estimate of drug-likeness (QED) is 0.126. The normalized spacial score (nSPS) is 11.4. The van der Waals surface area contributed by atoms with Crippen LogP contribution in [0.25, 0.3) is 11.2 Å². The Balaban J connectivity index is 1.56. The summed E-state index contributed by atoms with van der Waals surface area (Å²) in [7, 11) is 0. The molecule has 0 fully saturated rings. The number of fused-ring (bicyclic) bond motifs is 1. The van der Waals surface area contributed by atoms with Gasteiger partial charge in [-0.2, -0.15) is 0 Å². The van der Waals surface area contributed by atoms with Crippen LogP contribution in [0.3, 0.4) is 0 Å². The molecule has 0 aliphatic heterocycles. The molecule has 0 radical (unpaired) electrons. The molecule has 0 atom stereocenters. The highest BCUT2D eigenvalue weighted by Gasteiger charge is 2.15. The van der Waals surface area contributed by atoms with Gasteiger partial charge in [-0.25, -0.2) is 15.0 Å². The van der Waals surface area contributed by atoms with Crippen molar-refractivity contribution in [2.45, 2.75) is 76.4 Å². The molecule has 3 aromatic rings. The molecule has 0 saturated carbocycles. The second-order valence-electron chi connectivity index (χ2n) is 7.66. The third kappa shape index (κ3) is 6.71. The highest BCUT2D eigenvalue weighted by atomic mass is 79.9. The summed E-state index contributed by atoms with van der Waals surface area (Å²) in [5.74, 6) is 1.38. The van der Waals surface area contributed by atoms with Gasteiger partial charge in [0.25, 0.3) is 0 Å². The van der Waals surface area contributed by atoms with Gasteiger partial charge in [-0.3, -0.25) is 0 Å². The number of hydrogen-bond donors (Lipinski definition) is 1. The predicted molar refractivity (Wildman–Crippen MR) is 131 cm³/mol. The van der Waals surface area contributed by atoms with Crippen molar-refractivity contribution in [2.75, 3.05) is 11.5 Å². The van der Waals surface area contributed by atoms with Gasteiger partial charge in [0.05, 0.1) is 0 Å². The first-order valence-corrected chi connectivity index (χ1v) is 12.8. The van der Waals surface area contributed by atoms with E-state index < -0.39 is 0 Å². The summed E-state index contributed by atoms with van der Waals surface area (Å²) in [6.45, 7) is 3.16. The lowest BCUT2D eigenvalue weighted by atomic mass is 10.1. The standard InChI is InChI=1S/C23H32BrN5S/c1-2-3-4-5-6-7-8-12-16-29-21-19(26-22(29)24)20(25)27-23(28-21)30-17-15-18-13-10-9-11-14-18/h9-11,13-14H,2-8,12,15-17H2,1H3,(H2,25,27,28). The van der Waals surface area contributed by atoms with E-state index in [0.717, 1.165) is 40.7 Å². The number of aromatic nitrogens is 4. The lowest BCUT2D eigenvalue weighted by Crippen LogP contribution is -2.03. The number of thioether (sulfide) groups is 1. The van der Waals surface area contributed by atoms with E-state index in [1.54, 1.807) is 11.8 Å². The number of anilines is 1. The van der Waals surface area contributed by atoms with Crippen molar-refractivity contribution in [3.05, 3.63) is 40.6 Å². The molecule has 0 aliphatic carbocycles. The molecule has 5 nitrogen and oxygen atoms in total. The molecule has 0 aliphatic rings. The smallest absolute Gasteiger partial charge is 0.191 e. The molecule has 2 aromatic heterocycles. The number of nitrogen functional groups attached to an aromatic ring is 1. The summed E-state index contributed by atoms with van der Waals surface area (Å²) in [5, 5.41) is 0.723. The first-order chi connectivity index (χ1) is 14.7. The zero-order valence-electron chi connectivity index (χ0n) is 17.8. The van der Waals surface area contributed by atoms with Crippen LogP contribution < -0.4 is 5.73 Å². The summed E-state index contributed by atoms with van der Waals surface area (Å²) in [4.78, 5) is 13.8. The van der Waals surface area contributed by atoms with Gasteiger partial charge in [-0.05, 0) is 34.3 Å². The van der Waals surface area contributed by atoms with Crippen LogP contribution in [0.5, 0.6) is 0 Å². The zero-order chi connectivity index (χ0) is 21.2. The van der Waals surface area contributed by atoms with E-state index in [4.69, 9.17) is 10.7 Å². The van der Waals surface area contributed by atoms with E-state index in [9.17, 15) is 0 Å². The van der Waals surface area contributed by atoms with E-state index >= 15 is 0 Å². The average Bonchev–Trinajstić information content (AvgIpc) is 3.07. The second-order valence-corrected chi connectivity index (χ2v) is 9.43. The van der Waals surface area contributed by atoms with Gasteiger partial charge in [-0.15, -0.1) is 0 Å². The van der Waals surface area contributed by atoms with Crippen molar-refractivity contribution in [2.24, 2.45) is 0 Å². The fourth-order valence-corrected chi connectivity index (χ4v) is 4.90. The minimum Gasteiger partial charge on any atom is -0.382 e. The number of benzene rings is 1. The van der Waals surface area contributed by atoms with Crippen molar-refractivity contribution in [1.82, 2.24) is 19.5 Å². The van der Waals surface area contributed by atoms with Gasteiger partial charge >= 0.3 is 0 Å². The molecule has 0 unspecified atom stereocenters. The predicted octanol–water partition coefficient (Wildman–Crippen LogP) is 6.65. The van der Waals surface area contributed by atoms with Crippen LogP contribution in [0, 0.1) is 0 Å². The Bertz CT molecular complexity index is 913. The van der Waals surface area contributed by atoms with Gasteiger partial charge in [0.1, 0.15) is 0 Å². The fraction of sp³-hybridized carbons (Fsp3) is 0.522. The molecular formula is C23H32BrN5S. The maximum absolute atomic E-state index is 6.20. The Morgan fingerprint density at radius 2 is 1.63 bits per heavy atom. The molecule has 7 heteroatoms. The van der Waals surface area contributed by atoms with Crippen LogP contribution >= 0.6 is 27.7 Å². The van der Waals surface area contributed by atoms with Crippen molar-refractivity contribution in [3.8, 4) is 0 Å². The van der Waals surface area contributed by atoms with E-state index in [2.05, 4.69) is 61.7 Å². The summed E-state index contributed by atoms with van der Waals surface area (Å²) < 4.78 is 2.92. The molecule has 162 valence electrons. The largest absolute Gasteiger partial charge is 0.382 e. The first kappa shape index (κ1) is 23.1. The number of unbranched alkanes of at least 4 members (excludes halogenated alkanes) is 7. The third-order valence-corrected chi connectivity index (χ3v) is 6.71. The molecule has 0 saturated heterocycles. The van der Waals surface area contributed by atoms with Crippen molar-refractivity contribution >= 4 is 44.7 Å². The van der Waals surface area contributed by atoms with E-state index in [1.165, 1.54) is 50.5 Å². The Morgan fingerprint density at radius 3 is 2.37 bits per heavy atom. The van der Waals surface area contributed by atoms with Crippen LogP contribution in [-0.4, -0.2) is 25.3 Å². The van der Waals surface area contributed by atoms with Gasteiger partial charge in [0, 0.05) is 12.3 Å². The lowest BCUT2D eigenvalue weighted by Gasteiger charge is -2.07. The van der Waals surface area contributed by atoms with E-state index in [1.807, 2.05) is 6.07 Å². The van der Waals surface area contributed by atoms with E-state index in [-0.39, 0.29) is 0 Å². The topological polar surface area (TPSA) is 69.6 Å². The molecule has 30 heavy (non-hydrogen) atoms. The molecule has 3 rings (SSSR count). The average molecular weight is 491 g/mol. The van der Waals surface area contributed by atoms with Crippen molar-refractivity contribution < 1.29 is 0 Å². The van der Waals surface area contributed by atoms with E-state index in [0.29, 0.717) is 11.3 Å². The lowest BCUT2D eigenvalue weighted by molar-refractivity contribution is 0.543. The molecule has 2 heterocycles. The number of nitrogens with zero attached hydrogens (tertiary/aromatic N) is 4. The van der Waals surface area contributed by atoms with Crippen LogP contribution in [0.15, 0.2) is 40.2 Å². The van der Waals surface area contributed by atoms with Crippen LogP contribution in [-0.2, 0) is 13.0 Å². The maximum Gasteiger partial charge on any atom is 0.191 e. The molecular weight excluding hydrogens is 458 g/mol. The minimum atomic E-state index is 0.456. The van der Waals surface area contributed by atoms with Crippen LogP contribution in [0.2, 0.25) is 0 Å². The number of rotatable bonds is 13. The summed E-state index contributed by atoms with van der Waals surface area (Å²) in [6, 6.07) is 10.5. The Labute approximate surface area is 192 Å². The number of halogens is 1. The molecule has 1 aromatic carbocycles. The minimum absolute atomic E-state index is 0.456.